The zero-order chi connectivity index (χ0) is 33.7. The van der Waals surface area contributed by atoms with Crippen LogP contribution in [0.15, 0.2) is 145 Å². The highest BCUT2D eigenvalue weighted by Gasteiger charge is 2.71. The number of carbonyl (C=O) groups is 2. The van der Waals surface area contributed by atoms with Crippen molar-refractivity contribution < 1.29 is 38.0 Å². The molecule has 4 aromatic carbocycles. The molecule has 4 aliphatic rings. The summed E-state index contributed by atoms with van der Waals surface area (Å²) in [7, 11) is 0. The molecule has 4 atom stereocenters. The zero-order valence-electron chi connectivity index (χ0n) is 27.2. The number of esters is 2. The van der Waals surface area contributed by atoms with Crippen molar-refractivity contribution in [2.75, 3.05) is 13.2 Å². The third-order valence-electron chi connectivity index (χ3n) is 9.92. The van der Waals surface area contributed by atoms with Crippen LogP contribution in [0.5, 0.6) is 0 Å². The van der Waals surface area contributed by atoms with Gasteiger partial charge in [-0.15, -0.1) is 0 Å². The molecule has 0 aliphatic carbocycles. The summed E-state index contributed by atoms with van der Waals surface area (Å²) in [6, 6.07) is 39.7. The van der Waals surface area contributed by atoms with Crippen LogP contribution < -0.4 is 0 Å². The Kier molecular flexibility index (Phi) is 7.46. The Labute approximate surface area is 284 Å². The van der Waals surface area contributed by atoms with Crippen molar-refractivity contribution in [2.45, 2.75) is 43.0 Å². The molecule has 0 bridgehead atoms. The molecule has 0 N–H and O–H groups in total. The topological polar surface area (TPSA) is 89.5 Å². The maximum atomic E-state index is 12.7. The number of ether oxygens (including phenoxy) is 6. The Morgan fingerprint density at radius 3 is 1.12 bits per heavy atom. The van der Waals surface area contributed by atoms with Crippen LogP contribution in [0.1, 0.15) is 42.5 Å². The van der Waals surface area contributed by atoms with Crippen molar-refractivity contribution in [3.05, 3.63) is 167 Å². The average Bonchev–Trinajstić information content (AvgIpc) is 3.09. The Hall–Kier alpha value is -5.18. The van der Waals surface area contributed by atoms with Gasteiger partial charge in [-0.05, 0) is 22.3 Å². The smallest absolute Gasteiger partial charge is 0.336 e. The first-order valence-electron chi connectivity index (χ1n) is 16.6. The summed E-state index contributed by atoms with van der Waals surface area (Å²) in [4.78, 5) is 25.5. The Morgan fingerprint density at radius 2 is 0.816 bits per heavy atom. The molecule has 0 amide bonds. The maximum absolute atomic E-state index is 12.7. The van der Waals surface area contributed by atoms with Gasteiger partial charge in [0.05, 0.1) is 25.4 Å². The fourth-order valence-electron chi connectivity index (χ4n) is 8.10. The van der Waals surface area contributed by atoms with Crippen molar-refractivity contribution in [2.24, 2.45) is 11.8 Å². The lowest BCUT2D eigenvalue weighted by Crippen LogP contribution is -2.69. The van der Waals surface area contributed by atoms with Crippen molar-refractivity contribution in [3.8, 4) is 0 Å². The highest BCUT2D eigenvalue weighted by atomic mass is 16.8. The summed E-state index contributed by atoms with van der Waals surface area (Å²) in [5, 5.41) is 0. The van der Waals surface area contributed by atoms with Gasteiger partial charge >= 0.3 is 11.9 Å². The van der Waals surface area contributed by atoms with Gasteiger partial charge in [0.1, 0.15) is 34.6 Å². The van der Waals surface area contributed by atoms with Gasteiger partial charge in [0, 0.05) is 20.3 Å². The number of rotatable bonds is 10. The van der Waals surface area contributed by atoms with Crippen LogP contribution in [0.2, 0.25) is 0 Å². The number of hydrogen-bond acceptors (Lipinski definition) is 8. The fraction of sp³-hybridized carbons (Fsp3) is 0.268. The number of carbonyl (C=O) groups excluding carboxylic acids is 2. The van der Waals surface area contributed by atoms with Crippen LogP contribution in [-0.2, 0) is 49.2 Å². The molecule has 0 unspecified atom stereocenters. The third kappa shape index (κ3) is 4.89. The van der Waals surface area contributed by atoms with E-state index in [1.54, 1.807) is 13.8 Å². The first-order chi connectivity index (χ1) is 23.8. The van der Waals surface area contributed by atoms with Crippen molar-refractivity contribution in [1.82, 2.24) is 0 Å². The largest absolute Gasteiger partial charge is 0.497 e. The minimum atomic E-state index is -1.20. The van der Waals surface area contributed by atoms with Gasteiger partial charge in [-0.25, -0.2) is 9.59 Å². The van der Waals surface area contributed by atoms with E-state index in [2.05, 4.69) is 0 Å². The van der Waals surface area contributed by atoms with Crippen molar-refractivity contribution >= 4 is 11.9 Å². The molecule has 248 valence electrons. The molecule has 0 aromatic heterocycles. The van der Waals surface area contributed by atoms with Gasteiger partial charge in [-0.2, -0.15) is 0 Å². The normalized spacial score (nSPS) is 27.4. The molecule has 8 rings (SSSR count). The van der Waals surface area contributed by atoms with Gasteiger partial charge in [-0.3, -0.25) is 0 Å². The van der Waals surface area contributed by atoms with Crippen molar-refractivity contribution in [3.63, 3.8) is 0 Å². The highest BCUT2D eigenvalue weighted by molar-refractivity contribution is 5.85. The highest BCUT2D eigenvalue weighted by Crippen LogP contribution is 2.63. The van der Waals surface area contributed by atoms with E-state index in [4.69, 9.17) is 28.4 Å². The monoisotopic (exact) mass is 656 g/mol. The molecule has 8 heteroatoms. The summed E-state index contributed by atoms with van der Waals surface area (Å²) in [6.07, 6.45) is 3.31. The van der Waals surface area contributed by atoms with Crippen LogP contribution >= 0.6 is 0 Å². The van der Waals surface area contributed by atoms with Crippen molar-refractivity contribution in [1.29, 1.82) is 0 Å². The minimum absolute atomic E-state index is 0.254. The molecular weight excluding hydrogens is 620 g/mol. The fourth-order valence-corrected chi connectivity index (χ4v) is 8.10. The molecule has 0 spiro atoms. The Bertz CT molecular complexity index is 1700. The quantitative estimate of drug-likeness (QED) is 0.135. The Morgan fingerprint density at radius 1 is 0.510 bits per heavy atom. The molecule has 0 saturated carbocycles. The molecule has 4 aromatic rings. The zero-order valence-corrected chi connectivity index (χ0v) is 27.2. The minimum Gasteiger partial charge on any atom is -0.497 e. The SMILES string of the molecule is C[C@@]12OC(=O)C=C(OCCCOC3=CC(=O)O[C@]4(C)OC(c5ccccc5)(c5ccccc5)[C@H]34)[C@@H]1C(c1ccccc1)(c1ccccc1)O2. The van der Waals surface area contributed by atoms with E-state index in [0.717, 1.165) is 22.3 Å². The summed E-state index contributed by atoms with van der Waals surface area (Å²) in [6.45, 7) is 4.06. The van der Waals surface area contributed by atoms with Gasteiger partial charge in [0.15, 0.2) is 0 Å². The molecule has 2 saturated heterocycles. The van der Waals surface area contributed by atoms with Gasteiger partial charge in [-0.1, -0.05) is 121 Å². The van der Waals surface area contributed by atoms with Gasteiger partial charge in [0.2, 0.25) is 11.6 Å². The maximum Gasteiger partial charge on any atom is 0.336 e. The molecule has 49 heavy (non-hydrogen) atoms. The van der Waals surface area contributed by atoms with Crippen LogP contribution in [0.3, 0.4) is 0 Å². The first kappa shape index (κ1) is 31.1. The van der Waals surface area contributed by atoms with E-state index in [1.807, 2.05) is 121 Å². The average molecular weight is 657 g/mol. The lowest BCUT2D eigenvalue weighted by atomic mass is 9.65. The summed E-state index contributed by atoms with van der Waals surface area (Å²) >= 11 is 0. The predicted molar refractivity (Wildman–Crippen MR) is 178 cm³/mol. The molecule has 4 heterocycles. The lowest BCUT2D eigenvalue weighted by Gasteiger charge is -2.61. The second-order valence-corrected chi connectivity index (χ2v) is 13.0. The summed E-state index contributed by atoms with van der Waals surface area (Å²) in [5.74, 6) is -3.32. The van der Waals surface area contributed by atoms with Gasteiger partial charge < -0.3 is 28.4 Å². The van der Waals surface area contributed by atoms with E-state index < -0.39 is 46.6 Å². The first-order valence-corrected chi connectivity index (χ1v) is 16.6. The third-order valence-corrected chi connectivity index (χ3v) is 9.92. The van der Waals surface area contributed by atoms with Crippen LogP contribution in [0, 0.1) is 11.8 Å². The molecular formula is C41H36O8. The van der Waals surface area contributed by atoms with E-state index in [0.29, 0.717) is 17.9 Å². The molecule has 0 radical (unpaired) electrons. The summed E-state index contributed by atoms with van der Waals surface area (Å²) in [5.41, 5.74) is 1.90. The summed E-state index contributed by atoms with van der Waals surface area (Å²) < 4.78 is 37.4. The van der Waals surface area contributed by atoms with E-state index in [1.165, 1.54) is 12.2 Å². The second kappa shape index (κ2) is 11.8. The van der Waals surface area contributed by atoms with Gasteiger partial charge in [0.25, 0.3) is 0 Å². The van der Waals surface area contributed by atoms with Crippen LogP contribution in [-0.4, -0.2) is 36.7 Å². The molecule has 8 nitrogen and oxygen atoms in total. The number of fused-ring (bicyclic) bond motifs is 2. The molecule has 2 fully saturated rings. The number of hydrogen-bond donors (Lipinski definition) is 0. The second-order valence-electron chi connectivity index (χ2n) is 13.0. The van der Waals surface area contributed by atoms with Crippen LogP contribution in [0.25, 0.3) is 0 Å². The van der Waals surface area contributed by atoms with E-state index in [-0.39, 0.29) is 13.2 Å². The number of benzene rings is 4. The Balaban J connectivity index is 1.02. The van der Waals surface area contributed by atoms with E-state index >= 15 is 0 Å². The predicted octanol–water partition coefficient (Wildman–Crippen LogP) is 6.90. The van der Waals surface area contributed by atoms with Crippen LogP contribution in [0.4, 0.5) is 0 Å². The standard InChI is InChI=1S/C41H36O8/c1-38-36(40(48-38,28-16-7-3-8-17-28)29-18-9-4-10-19-29)32(26-34(42)46-38)44-24-15-25-45-33-27-35(43)47-39(2)37(33)41(49-39,30-20-11-5-12-21-30)31-22-13-6-14-23-31/h3-14,16-23,26-27,36-37H,15,24-25H2,1-2H3/t36-,37+,38-,39+. The lowest BCUT2D eigenvalue weighted by molar-refractivity contribution is -0.396. The molecule has 4 aliphatic heterocycles. The van der Waals surface area contributed by atoms with E-state index in [9.17, 15) is 9.59 Å².